The van der Waals surface area contributed by atoms with Crippen molar-refractivity contribution in [2.24, 2.45) is 5.92 Å². The van der Waals surface area contributed by atoms with E-state index in [1.807, 2.05) is 24.3 Å². The van der Waals surface area contributed by atoms with Gasteiger partial charge in [-0.2, -0.15) is 0 Å². The Labute approximate surface area is 186 Å². The Kier molecular flexibility index (Phi) is 7.17. The first-order valence-corrected chi connectivity index (χ1v) is 11.8. The van der Waals surface area contributed by atoms with Crippen LogP contribution in [0.4, 0.5) is 5.82 Å². The normalized spacial score (nSPS) is 22.3. The highest BCUT2D eigenvalue weighted by atomic mass is 16.1. The number of anilines is 1. The van der Waals surface area contributed by atoms with Crippen LogP contribution in [0.1, 0.15) is 44.6 Å². The fourth-order valence-electron chi connectivity index (χ4n) is 4.85. The van der Waals surface area contributed by atoms with Crippen LogP contribution in [0.5, 0.6) is 0 Å². The first-order chi connectivity index (χ1) is 15.1. The van der Waals surface area contributed by atoms with Crippen molar-refractivity contribution in [2.45, 2.75) is 52.0 Å². The number of hydrogen-bond acceptors (Lipinski definition) is 5. The van der Waals surface area contributed by atoms with Crippen LogP contribution < -0.4 is 10.2 Å². The molecule has 0 radical (unpaired) electrons. The molecule has 0 aliphatic carbocycles. The number of rotatable bonds is 6. The topological polar surface area (TPSA) is 61.4 Å². The van der Waals surface area contributed by atoms with Crippen LogP contribution in [0.25, 0.3) is 11.3 Å². The third kappa shape index (κ3) is 5.42. The van der Waals surface area contributed by atoms with Gasteiger partial charge < -0.3 is 10.2 Å². The second-order valence-electron chi connectivity index (χ2n) is 9.05. The minimum absolute atomic E-state index is 0.0189. The standard InChI is InChI=1S/C25H35N5O/c1-19-8-3-4-11-22(19)23-12-13-24(28-27-23)30-16-7-10-21(18-30)25(31)26-14-17-29-15-6-5-9-20(29)2/h3-4,8,11-13,20-21H,5-7,9-10,14-18H2,1-2H3,(H,26,31). The predicted octanol–water partition coefficient (Wildman–Crippen LogP) is 3.66. The van der Waals surface area contributed by atoms with Gasteiger partial charge in [-0.3, -0.25) is 9.69 Å². The molecule has 2 aromatic rings. The van der Waals surface area contributed by atoms with Gasteiger partial charge in [-0.15, -0.1) is 10.2 Å². The molecule has 6 heteroatoms. The zero-order valence-electron chi connectivity index (χ0n) is 18.9. The summed E-state index contributed by atoms with van der Waals surface area (Å²) in [6.07, 6.45) is 5.82. The van der Waals surface area contributed by atoms with E-state index in [0.717, 1.165) is 56.1 Å². The van der Waals surface area contributed by atoms with Crippen molar-refractivity contribution in [1.29, 1.82) is 0 Å². The number of aryl methyl sites for hydroxylation is 1. The average Bonchev–Trinajstić information content (AvgIpc) is 2.81. The number of likely N-dealkylation sites (tertiary alicyclic amines) is 1. The van der Waals surface area contributed by atoms with Gasteiger partial charge in [0.15, 0.2) is 5.82 Å². The molecule has 2 aliphatic heterocycles. The second kappa shape index (κ2) is 10.2. The van der Waals surface area contributed by atoms with E-state index in [1.165, 1.54) is 24.8 Å². The minimum atomic E-state index is 0.0189. The zero-order chi connectivity index (χ0) is 21.6. The van der Waals surface area contributed by atoms with E-state index >= 15 is 0 Å². The van der Waals surface area contributed by atoms with Gasteiger partial charge in [-0.05, 0) is 63.8 Å². The molecule has 0 saturated carbocycles. The first-order valence-electron chi connectivity index (χ1n) is 11.8. The van der Waals surface area contributed by atoms with E-state index in [4.69, 9.17) is 0 Å². The third-order valence-electron chi connectivity index (χ3n) is 6.83. The fraction of sp³-hybridized carbons (Fsp3) is 0.560. The molecule has 0 bridgehead atoms. The molecule has 2 unspecified atom stereocenters. The summed E-state index contributed by atoms with van der Waals surface area (Å²) < 4.78 is 0. The number of carbonyl (C=O) groups excluding carboxylic acids is 1. The Bertz CT molecular complexity index is 868. The Morgan fingerprint density at radius 1 is 1.06 bits per heavy atom. The number of amides is 1. The maximum Gasteiger partial charge on any atom is 0.224 e. The first kappa shape index (κ1) is 21.8. The van der Waals surface area contributed by atoms with Crippen LogP contribution in [0.2, 0.25) is 0 Å². The SMILES string of the molecule is Cc1ccccc1-c1ccc(N2CCCC(C(=O)NCCN3CCCCC3C)C2)nn1. The van der Waals surface area contributed by atoms with E-state index in [9.17, 15) is 4.79 Å². The molecular formula is C25H35N5O. The summed E-state index contributed by atoms with van der Waals surface area (Å²) in [5.74, 6) is 1.06. The molecule has 166 valence electrons. The summed E-state index contributed by atoms with van der Waals surface area (Å²) in [5.41, 5.74) is 3.19. The molecule has 6 nitrogen and oxygen atoms in total. The number of nitrogens with zero attached hydrogens (tertiary/aromatic N) is 4. The van der Waals surface area contributed by atoms with E-state index in [1.54, 1.807) is 0 Å². The number of nitrogens with one attached hydrogen (secondary N) is 1. The lowest BCUT2D eigenvalue weighted by molar-refractivity contribution is -0.125. The number of benzene rings is 1. The molecule has 1 amide bonds. The van der Waals surface area contributed by atoms with Crippen molar-refractivity contribution in [1.82, 2.24) is 20.4 Å². The van der Waals surface area contributed by atoms with E-state index in [2.05, 4.69) is 51.3 Å². The lowest BCUT2D eigenvalue weighted by Gasteiger charge is -2.34. The highest BCUT2D eigenvalue weighted by Gasteiger charge is 2.27. The van der Waals surface area contributed by atoms with E-state index in [-0.39, 0.29) is 11.8 Å². The molecular weight excluding hydrogens is 386 g/mol. The van der Waals surface area contributed by atoms with Crippen LogP contribution in [0, 0.1) is 12.8 Å². The van der Waals surface area contributed by atoms with Gasteiger partial charge in [0.05, 0.1) is 11.6 Å². The molecule has 1 aromatic heterocycles. The Morgan fingerprint density at radius 3 is 2.71 bits per heavy atom. The Hall–Kier alpha value is -2.47. The molecule has 31 heavy (non-hydrogen) atoms. The van der Waals surface area contributed by atoms with Crippen LogP contribution >= 0.6 is 0 Å². The monoisotopic (exact) mass is 421 g/mol. The summed E-state index contributed by atoms with van der Waals surface area (Å²) in [4.78, 5) is 17.5. The maximum absolute atomic E-state index is 12.8. The second-order valence-corrected chi connectivity index (χ2v) is 9.05. The summed E-state index contributed by atoms with van der Waals surface area (Å²) in [6, 6.07) is 12.9. The van der Waals surface area contributed by atoms with Crippen LogP contribution in [0.15, 0.2) is 36.4 Å². The molecule has 2 atom stereocenters. The molecule has 3 heterocycles. The molecule has 1 N–H and O–H groups in total. The smallest absolute Gasteiger partial charge is 0.224 e. The van der Waals surface area contributed by atoms with Crippen molar-refractivity contribution < 1.29 is 4.79 Å². The van der Waals surface area contributed by atoms with Gasteiger partial charge in [0.2, 0.25) is 5.91 Å². The molecule has 1 aromatic carbocycles. The van der Waals surface area contributed by atoms with Crippen molar-refractivity contribution in [3.05, 3.63) is 42.0 Å². The maximum atomic E-state index is 12.8. The summed E-state index contributed by atoms with van der Waals surface area (Å²) in [7, 11) is 0. The van der Waals surface area contributed by atoms with Gasteiger partial charge in [0.25, 0.3) is 0 Å². The summed E-state index contributed by atoms with van der Waals surface area (Å²) in [6.45, 7) is 8.87. The van der Waals surface area contributed by atoms with Gasteiger partial charge in [-0.1, -0.05) is 30.7 Å². The zero-order valence-corrected chi connectivity index (χ0v) is 18.9. The number of aromatic nitrogens is 2. The third-order valence-corrected chi connectivity index (χ3v) is 6.83. The van der Waals surface area contributed by atoms with Gasteiger partial charge in [0, 0.05) is 37.8 Å². The van der Waals surface area contributed by atoms with Crippen LogP contribution in [-0.2, 0) is 4.79 Å². The lowest BCUT2D eigenvalue weighted by atomic mass is 9.97. The molecule has 2 saturated heterocycles. The van der Waals surface area contributed by atoms with E-state index in [0.29, 0.717) is 12.6 Å². The van der Waals surface area contributed by atoms with Gasteiger partial charge in [-0.25, -0.2) is 0 Å². The molecule has 2 fully saturated rings. The molecule has 0 spiro atoms. The predicted molar refractivity (Wildman–Crippen MR) is 125 cm³/mol. The largest absolute Gasteiger partial charge is 0.355 e. The lowest BCUT2D eigenvalue weighted by Crippen LogP contribution is -2.46. The highest BCUT2D eigenvalue weighted by molar-refractivity contribution is 5.79. The molecule has 4 rings (SSSR count). The van der Waals surface area contributed by atoms with Crippen LogP contribution in [-0.4, -0.2) is 59.8 Å². The Balaban J connectivity index is 1.30. The average molecular weight is 422 g/mol. The van der Waals surface area contributed by atoms with Crippen molar-refractivity contribution in [2.75, 3.05) is 37.6 Å². The van der Waals surface area contributed by atoms with Crippen molar-refractivity contribution in [3.63, 3.8) is 0 Å². The summed E-state index contributed by atoms with van der Waals surface area (Å²) >= 11 is 0. The van der Waals surface area contributed by atoms with Gasteiger partial charge >= 0.3 is 0 Å². The van der Waals surface area contributed by atoms with Crippen LogP contribution in [0.3, 0.4) is 0 Å². The number of carbonyl (C=O) groups is 1. The highest BCUT2D eigenvalue weighted by Crippen LogP contribution is 2.25. The van der Waals surface area contributed by atoms with E-state index < -0.39 is 0 Å². The number of hydrogen-bond donors (Lipinski definition) is 1. The number of piperidine rings is 2. The summed E-state index contributed by atoms with van der Waals surface area (Å²) in [5, 5.41) is 12.1. The minimum Gasteiger partial charge on any atom is -0.355 e. The van der Waals surface area contributed by atoms with Gasteiger partial charge in [0.1, 0.15) is 0 Å². The molecule has 2 aliphatic rings. The van der Waals surface area contributed by atoms with Crippen molar-refractivity contribution in [3.8, 4) is 11.3 Å². The quantitative estimate of drug-likeness (QED) is 0.771. The fourth-order valence-corrected chi connectivity index (χ4v) is 4.85. The van der Waals surface area contributed by atoms with Crippen molar-refractivity contribution >= 4 is 11.7 Å². The Morgan fingerprint density at radius 2 is 1.94 bits per heavy atom.